The highest BCUT2D eigenvalue weighted by Gasteiger charge is 2.14. The van der Waals surface area contributed by atoms with Crippen LogP contribution in [0.1, 0.15) is 11.1 Å². The molecule has 0 aromatic heterocycles. The molecule has 0 fully saturated rings. The molecule has 0 aliphatic carbocycles. The van der Waals surface area contributed by atoms with Gasteiger partial charge in [-0.3, -0.25) is 20.2 Å². The van der Waals surface area contributed by atoms with Crippen LogP contribution in [-0.2, 0) is 4.79 Å². The summed E-state index contributed by atoms with van der Waals surface area (Å²) in [6.45, 7) is 3.09. The zero-order chi connectivity index (χ0) is 19.3. The van der Waals surface area contributed by atoms with Crippen LogP contribution in [0.4, 0.5) is 20.6 Å². The summed E-state index contributed by atoms with van der Waals surface area (Å²) in [5.41, 5.74) is 1.97. The largest absolute Gasteiger partial charge is 0.481 e. The van der Waals surface area contributed by atoms with Gasteiger partial charge in [0.15, 0.2) is 18.2 Å². The van der Waals surface area contributed by atoms with Crippen LogP contribution in [0.2, 0.25) is 0 Å². The van der Waals surface area contributed by atoms with Crippen LogP contribution in [0.5, 0.6) is 5.75 Å². The molecule has 2 rings (SSSR count). The highest BCUT2D eigenvalue weighted by atomic mass is 19.1. The number of anilines is 1. The Kier molecular flexibility index (Phi) is 5.84. The molecule has 0 aliphatic rings. The maximum atomic E-state index is 13.6. The zero-order valence-corrected chi connectivity index (χ0v) is 14.0. The Hall–Kier alpha value is -3.49. The van der Waals surface area contributed by atoms with Crippen molar-refractivity contribution in [2.45, 2.75) is 13.8 Å². The van der Waals surface area contributed by atoms with Crippen molar-refractivity contribution in [2.75, 3.05) is 11.9 Å². The van der Waals surface area contributed by atoms with Gasteiger partial charge in [-0.1, -0.05) is 17.7 Å². The van der Waals surface area contributed by atoms with E-state index in [0.717, 1.165) is 23.3 Å². The predicted octanol–water partition coefficient (Wildman–Crippen LogP) is 3.08. The molecule has 2 N–H and O–H groups in total. The smallest absolute Gasteiger partial charge is 0.325 e. The van der Waals surface area contributed by atoms with Gasteiger partial charge in [0.05, 0.1) is 11.0 Å². The summed E-state index contributed by atoms with van der Waals surface area (Å²) in [5, 5.41) is 15.1. The molecule has 2 aromatic carbocycles. The minimum Gasteiger partial charge on any atom is -0.481 e. The van der Waals surface area contributed by atoms with Crippen molar-refractivity contribution in [1.82, 2.24) is 5.32 Å². The number of imide groups is 1. The highest BCUT2D eigenvalue weighted by Crippen LogP contribution is 2.22. The fourth-order valence-electron chi connectivity index (χ4n) is 2.13. The second kappa shape index (κ2) is 8.06. The highest BCUT2D eigenvalue weighted by molar-refractivity contribution is 6.01. The fraction of sp³-hybridized carbons (Fsp3) is 0.176. The summed E-state index contributed by atoms with van der Waals surface area (Å²) < 4.78 is 18.6. The van der Waals surface area contributed by atoms with Crippen LogP contribution < -0.4 is 15.4 Å². The maximum absolute atomic E-state index is 13.6. The van der Waals surface area contributed by atoms with Crippen molar-refractivity contribution in [3.63, 3.8) is 0 Å². The molecule has 26 heavy (non-hydrogen) atoms. The zero-order valence-electron chi connectivity index (χ0n) is 14.0. The minimum atomic E-state index is -0.980. The van der Waals surface area contributed by atoms with Gasteiger partial charge >= 0.3 is 6.03 Å². The molecular formula is C17H16FN3O5. The monoisotopic (exact) mass is 361 g/mol. The predicted molar refractivity (Wildman–Crippen MR) is 91.6 cm³/mol. The molecule has 0 unspecified atom stereocenters. The number of urea groups is 1. The molecule has 3 amide bonds. The number of nitro groups is 1. The number of nitrogens with one attached hydrogen (secondary N) is 2. The summed E-state index contributed by atoms with van der Waals surface area (Å²) in [5.74, 6) is -2.11. The molecule has 9 heteroatoms. The Morgan fingerprint density at radius 3 is 2.54 bits per heavy atom. The third-order valence-electron chi connectivity index (χ3n) is 3.37. The minimum absolute atomic E-state index is 0.333. The Labute approximate surface area is 148 Å². The number of nitrogens with zero attached hydrogens (tertiary/aromatic N) is 1. The van der Waals surface area contributed by atoms with Crippen LogP contribution in [-0.4, -0.2) is 23.5 Å². The van der Waals surface area contributed by atoms with Crippen LogP contribution in [0.3, 0.4) is 0 Å². The SMILES string of the molecule is Cc1ccc(NC(=O)NC(=O)COc2ccc([N+](=O)[O-])cc2F)c(C)c1. The third-order valence-corrected chi connectivity index (χ3v) is 3.37. The van der Waals surface area contributed by atoms with E-state index >= 15 is 0 Å². The lowest BCUT2D eigenvalue weighted by Gasteiger charge is -2.10. The first-order chi connectivity index (χ1) is 12.3. The normalized spacial score (nSPS) is 10.1. The average molecular weight is 361 g/mol. The number of halogens is 1. The van der Waals surface area contributed by atoms with E-state index in [4.69, 9.17) is 4.74 Å². The number of hydrogen-bond donors (Lipinski definition) is 2. The van der Waals surface area contributed by atoms with Crippen molar-refractivity contribution < 1.29 is 23.6 Å². The first kappa shape index (κ1) is 18.8. The Morgan fingerprint density at radius 2 is 1.92 bits per heavy atom. The average Bonchev–Trinajstić information content (AvgIpc) is 2.56. The Morgan fingerprint density at radius 1 is 1.19 bits per heavy atom. The topological polar surface area (TPSA) is 111 Å². The molecular weight excluding hydrogens is 345 g/mol. The number of carbonyl (C=O) groups excluding carboxylic acids is 2. The van der Waals surface area contributed by atoms with Gasteiger partial charge in [0.2, 0.25) is 0 Å². The van der Waals surface area contributed by atoms with Gasteiger partial charge in [-0.2, -0.15) is 0 Å². The molecule has 0 bridgehead atoms. The van der Waals surface area contributed by atoms with Crippen molar-refractivity contribution >= 4 is 23.3 Å². The quantitative estimate of drug-likeness (QED) is 0.628. The van der Waals surface area contributed by atoms with Gasteiger partial charge in [-0.15, -0.1) is 0 Å². The number of carbonyl (C=O) groups is 2. The molecule has 0 radical (unpaired) electrons. The molecule has 0 spiro atoms. The molecule has 8 nitrogen and oxygen atoms in total. The van der Waals surface area contributed by atoms with Gasteiger partial charge in [-0.05, 0) is 31.5 Å². The van der Waals surface area contributed by atoms with Crippen LogP contribution in [0.15, 0.2) is 36.4 Å². The standard InChI is InChI=1S/C17H16FN3O5/c1-10-3-5-14(11(2)7-10)19-17(23)20-16(22)9-26-15-6-4-12(21(24)25)8-13(15)18/h3-8H,9H2,1-2H3,(H2,19,20,22,23). The van der Waals surface area contributed by atoms with Crippen molar-refractivity contribution in [3.05, 3.63) is 63.5 Å². The summed E-state index contributed by atoms with van der Waals surface area (Å²) in [4.78, 5) is 33.3. The van der Waals surface area contributed by atoms with Crippen LogP contribution in [0, 0.1) is 29.8 Å². The lowest BCUT2D eigenvalue weighted by molar-refractivity contribution is -0.385. The molecule has 0 saturated carbocycles. The van der Waals surface area contributed by atoms with Crippen molar-refractivity contribution in [2.24, 2.45) is 0 Å². The summed E-state index contributed by atoms with van der Waals surface area (Å²) >= 11 is 0. The number of ether oxygens (including phenoxy) is 1. The van der Waals surface area contributed by atoms with E-state index in [9.17, 15) is 24.1 Å². The lowest BCUT2D eigenvalue weighted by atomic mass is 10.1. The van der Waals surface area contributed by atoms with Gasteiger partial charge in [0.25, 0.3) is 11.6 Å². The number of aryl methyl sites for hydroxylation is 2. The number of nitro benzene ring substituents is 1. The Balaban J connectivity index is 1.88. The number of hydrogen-bond acceptors (Lipinski definition) is 5. The van der Waals surface area contributed by atoms with Gasteiger partial charge < -0.3 is 10.1 Å². The number of rotatable bonds is 5. The summed E-state index contributed by atoms with van der Waals surface area (Å²) in [7, 11) is 0. The molecule has 0 saturated heterocycles. The van der Waals surface area contributed by atoms with E-state index < -0.39 is 35.0 Å². The first-order valence-electron chi connectivity index (χ1n) is 7.51. The van der Waals surface area contributed by atoms with E-state index in [1.165, 1.54) is 0 Å². The van der Waals surface area contributed by atoms with E-state index in [2.05, 4.69) is 5.32 Å². The van der Waals surface area contributed by atoms with Crippen LogP contribution >= 0.6 is 0 Å². The van der Waals surface area contributed by atoms with E-state index in [1.807, 2.05) is 31.3 Å². The van der Waals surface area contributed by atoms with E-state index in [0.29, 0.717) is 11.8 Å². The lowest BCUT2D eigenvalue weighted by Crippen LogP contribution is -2.37. The van der Waals surface area contributed by atoms with Gasteiger partial charge in [-0.25, -0.2) is 9.18 Å². The number of non-ortho nitro benzene ring substituents is 1. The molecule has 0 aliphatic heterocycles. The molecule has 0 atom stereocenters. The number of amides is 3. The molecule has 0 heterocycles. The second-order valence-corrected chi connectivity index (χ2v) is 5.48. The summed E-state index contributed by atoms with van der Waals surface area (Å²) in [6, 6.07) is 7.40. The summed E-state index contributed by atoms with van der Waals surface area (Å²) in [6.07, 6.45) is 0. The molecule has 2 aromatic rings. The molecule has 136 valence electrons. The third kappa shape index (κ3) is 5.00. The van der Waals surface area contributed by atoms with Gasteiger partial charge in [0, 0.05) is 11.8 Å². The Bertz CT molecular complexity index is 869. The fourth-order valence-corrected chi connectivity index (χ4v) is 2.13. The van der Waals surface area contributed by atoms with Crippen molar-refractivity contribution in [3.8, 4) is 5.75 Å². The van der Waals surface area contributed by atoms with Crippen molar-refractivity contribution in [1.29, 1.82) is 0 Å². The maximum Gasteiger partial charge on any atom is 0.325 e. The van der Waals surface area contributed by atoms with Crippen LogP contribution in [0.25, 0.3) is 0 Å². The van der Waals surface area contributed by atoms with E-state index in [1.54, 1.807) is 6.07 Å². The van der Waals surface area contributed by atoms with Gasteiger partial charge in [0.1, 0.15) is 0 Å². The van der Waals surface area contributed by atoms with E-state index in [-0.39, 0.29) is 5.75 Å². The number of benzene rings is 2. The second-order valence-electron chi connectivity index (χ2n) is 5.48. The first-order valence-corrected chi connectivity index (χ1v) is 7.51.